The van der Waals surface area contributed by atoms with Gasteiger partial charge in [-0.25, -0.2) is 0 Å². The van der Waals surface area contributed by atoms with Gasteiger partial charge in [-0.05, 0) is 60.7 Å². The largest absolute Gasteiger partial charge is 0.573 e. The van der Waals surface area contributed by atoms with Gasteiger partial charge in [0.2, 0.25) is 0 Å². The van der Waals surface area contributed by atoms with Crippen LogP contribution in [0.5, 0.6) is 5.75 Å². The second-order valence-electron chi connectivity index (χ2n) is 7.09. The van der Waals surface area contributed by atoms with Gasteiger partial charge in [0.1, 0.15) is 5.75 Å². The van der Waals surface area contributed by atoms with Gasteiger partial charge >= 0.3 is 6.36 Å². The molecule has 0 saturated heterocycles. The third-order valence-electron chi connectivity index (χ3n) is 4.82. The topological polar surface area (TPSA) is 21.3 Å². The second kappa shape index (κ2) is 8.65. The predicted octanol–water partition coefficient (Wildman–Crippen LogP) is 6.41. The molecule has 0 bridgehead atoms. The van der Waals surface area contributed by atoms with Gasteiger partial charge in [-0.15, -0.1) is 13.2 Å². The molecule has 0 aromatic heterocycles. The average molecular weight is 387 g/mol. The number of benzene rings is 3. The van der Waals surface area contributed by atoms with Crippen molar-refractivity contribution in [3.05, 3.63) is 77.9 Å². The van der Waals surface area contributed by atoms with E-state index in [0.29, 0.717) is 6.42 Å². The average Bonchev–Trinajstić information content (AvgIpc) is 2.65. The summed E-state index contributed by atoms with van der Waals surface area (Å²) >= 11 is 0. The third-order valence-corrected chi connectivity index (χ3v) is 4.82. The molecule has 5 heteroatoms. The fraction of sp³-hybridized carbons (Fsp3) is 0.304. The smallest absolute Gasteiger partial charge is 0.406 e. The molecule has 28 heavy (non-hydrogen) atoms. The molecule has 0 aliphatic carbocycles. The Bertz CT molecular complexity index is 918. The van der Waals surface area contributed by atoms with E-state index in [-0.39, 0.29) is 17.8 Å². The molecule has 0 saturated carbocycles. The van der Waals surface area contributed by atoms with Crippen molar-refractivity contribution in [1.29, 1.82) is 0 Å². The summed E-state index contributed by atoms with van der Waals surface area (Å²) in [4.78, 5) is 0. The summed E-state index contributed by atoms with van der Waals surface area (Å²) in [6, 6.07) is 21.2. The lowest BCUT2D eigenvalue weighted by atomic mass is 9.98. The minimum Gasteiger partial charge on any atom is -0.406 e. The molecular weight excluding hydrogens is 363 g/mol. The summed E-state index contributed by atoms with van der Waals surface area (Å²) in [6.07, 6.45) is -3.18. The molecule has 0 spiro atoms. The number of alkyl halides is 3. The number of ether oxygens (including phenoxy) is 1. The third kappa shape index (κ3) is 5.49. The summed E-state index contributed by atoms with van der Waals surface area (Å²) in [7, 11) is 0. The summed E-state index contributed by atoms with van der Waals surface area (Å²) in [6.45, 7) is 4.23. The molecule has 3 rings (SSSR count). The van der Waals surface area contributed by atoms with Crippen LogP contribution in [0.15, 0.2) is 66.7 Å². The van der Waals surface area contributed by atoms with Gasteiger partial charge in [-0.1, -0.05) is 54.6 Å². The number of hydrogen-bond acceptors (Lipinski definition) is 2. The summed E-state index contributed by atoms with van der Waals surface area (Å²) in [5.74, 6) is -0.172. The Balaban J connectivity index is 1.60. The first kappa shape index (κ1) is 20.2. The van der Waals surface area contributed by atoms with Crippen LogP contribution in [-0.2, 0) is 6.42 Å². The molecule has 2 nitrogen and oxygen atoms in total. The second-order valence-corrected chi connectivity index (χ2v) is 7.09. The first-order valence-electron chi connectivity index (χ1n) is 9.40. The monoisotopic (exact) mass is 387 g/mol. The van der Waals surface area contributed by atoms with Crippen LogP contribution in [0, 0.1) is 0 Å². The number of nitrogens with one attached hydrogen (secondary N) is 1. The zero-order valence-corrected chi connectivity index (χ0v) is 16.0. The van der Waals surface area contributed by atoms with Crippen LogP contribution in [-0.4, -0.2) is 12.4 Å². The number of hydrogen-bond donors (Lipinski definition) is 1. The Morgan fingerprint density at radius 3 is 2.43 bits per heavy atom. The quantitative estimate of drug-likeness (QED) is 0.506. The van der Waals surface area contributed by atoms with Crippen LogP contribution in [0.4, 0.5) is 13.2 Å². The van der Waals surface area contributed by atoms with Gasteiger partial charge in [-0.3, -0.25) is 0 Å². The molecule has 3 aromatic carbocycles. The zero-order chi connectivity index (χ0) is 20.1. The molecular formula is C23H24F3NO. The normalized spacial score (nSPS) is 14.0. The van der Waals surface area contributed by atoms with E-state index in [1.54, 1.807) is 6.07 Å². The van der Waals surface area contributed by atoms with Crippen molar-refractivity contribution in [2.24, 2.45) is 0 Å². The van der Waals surface area contributed by atoms with Crippen molar-refractivity contribution in [1.82, 2.24) is 5.32 Å². The molecule has 0 aliphatic rings. The van der Waals surface area contributed by atoms with Crippen LogP contribution < -0.4 is 10.1 Å². The number of rotatable bonds is 7. The molecule has 0 aliphatic heterocycles. The van der Waals surface area contributed by atoms with Gasteiger partial charge < -0.3 is 10.1 Å². The van der Waals surface area contributed by atoms with Crippen molar-refractivity contribution in [3.63, 3.8) is 0 Å². The first-order valence-corrected chi connectivity index (χ1v) is 9.40. The van der Waals surface area contributed by atoms with E-state index >= 15 is 0 Å². The van der Waals surface area contributed by atoms with Crippen LogP contribution in [0.25, 0.3) is 10.8 Å². The Morgan fingerprint density at radius 1 is 0.929 bits per heavy atom. The lowest BCUT2D eigenvalue weighted by Gasteiger charge is -2.22. The standard InChI is InChI=1S/C23H24F3NO/c1-16(13-14-18-7-5-10-20(15-18)28-23(24,25)26)27-17(2)21-12-6-9-19-8-3-4-11-22(19)21/h3-12,15-17,27H,13-14H2,1-2H3/t16-,17?/m1/s1. The van der Waals surface area contributed by atoms with E-state index in [9.17, 15) is 13.2 Å². The van der Waals surface area contributed by atoms with Gasteiger partial charge in [0, 0.05) is 12.1 Å². The van der Waals surface area contributed by atoms with E-state index < -0.39 is 6.36 Å². The lowest BCUT2D eigenvalue weighted by molar-refractivity contribution is -0.274. The van der Waals surface area contributed by atoms with Crippen LogP contribution in [0.1, 0.15) is 37.4 Å². The van der Waals surface area contributed by atoms with E-state index in [4.69, 9.17) is 0 Å². The molecule has 2 atom stereocenters. The van der Waals surface area contributed by atoms with Crippen LogP contribution >= 0.6 is 0 Å². The molecule has 0 amide bonds. The van der Waals surface area contributed by atoms with Crippen molar-refractivity contribution in [2.75, 3.05) is 0 Å². The maximum atomic E-state index is 12.4. The minimum atomic E-state index is -4.67. The molecule has 0 radical (unpaired) electrons. The van der Waals surface area contributed by atoms with E-state index in [0.717, 1.165) is 12.0 Å². The Morgan fingerprint density at radius 2 is 1.64 bits per heavy atom. The fourth-order valence-electron chi connectivity index (χ4n) is 3.51. The first-order chi connectivity index (χ1) is 13.3. The Kier molecular flexibility index (Phi) is 6.25. The highest BCUT2D eigenvalue weighted by atomic mass is 19.4. The highest BCUT2D eigenvalue weighted by molar-refractivity contribution is 5.86. The van der Waals surface area contributed by atoms with E-state index in [1.807, 2.05) is 18.2 Å². The predicted molar refractivity (Wildman–Crippen MR) is 106 cm³/mol. The van der Waals surface area contributed by atoms with Crippen molar-refractivity contribution < 1.29 is 17.9 Å². The van der Waals surface area contributed by atoms with Gasteiger partial charge in [-0.2, -0.15) is 0 Å². The molecule has 0 heterocycles. The fourth-order valence-corrected chi connectivity index (χ4v) is 3.51. The van der Waals surface area contributed by atoms with Crippen LogP contribution in [0.3, 0.4) is 0 Å². The highest BCUT2D eigenvalue weighted by Crippen LogP contribution is 2.26. The van der Waals surface area contributed by atoms with Gasteiger partial charge in [0.15, 0.2) is 0 Å². The van der Waals surface area contributed by atoms with Crippen molar-refractivity contribution in [2.45, 2.75) is 45.1 Å². The zero-order valence-electron chi connectivity index (χ0n) is 16.0. The Hall–Kier alpha value is -2.53. The maximum Gasteiger partial charge on any atom is 0.573 e. The lowest BCUT2D eigenvalue weighted by Crippen LogP contribution is -2.29. The van der Waals surface area contributed by atoms with Gasteiger partial charge in [0.25, 0.3) is 0 Å². The summed E-state index contributed by atoms with van der Waals surface area (Å²) < 4.78 is 41.1. The van der Waals surface area contributed by atoms with Crippen molar-refractivity contribution in [3.8, 4) is 5.75 Å². The SMILES string of the molecule is CC(N[C@H](C)CCc1cccc(OC(F)(F)F)c1)c1cccc2ccccc12. The summed E-state index contributed by atoms with van der Waals surface area (Å²) in [5.41, 5.74) is 2.07. The van der Waals surface area contributed by atoms with Gasteiger partial charge in [0.05, 0.1) is 0 Å². The van der Waals surface area contributed by atoms with Crippen molar-refractivity contribution >= 4 is 10.8 Å². The Labute approximate surface area is 163 Å². The molecule has 148 valence electrons. The number of halogens is 3. The molecule has 1 N–H and O–H groups in total. The molecule has 3 aromatic rings. The minimum absolute atomic E-state index is 0.168. The van der Waals surface area contributed by atoms with E-state index in [1.165, 1.54) is 28.5 Å². The number of fused-ring (bicyclic) bond motifs is 1. The highest BCUT2D eigenvalue weighted by Gasteiger charge is 2.31. The molecule has 0 fully saturated rings. The van der Waals surface area contributed by atoms with E-state index in [2.05, 4.69) is 54.2 Å². The van der Waals surface area contributed by atoms with Crippen LogP contribution in [0.2, 0.25) is 0 Å². The summed E-state index contributed by atoms with van der Waals surface area (Å²) in [5, 5.41) is 6.04. The molecule has 1 unspecified atom stereocenters. The number of aryl methyl sites for hydroxylation is 1. The maximum absolute atomic E-state index is 12.4.